The summed E-state index contributed by atoms with van der Waals surface area (Å²) in [6.45, 7) is 6.00. The van der Waals surface area contributed by atoms with Gasteiger partial charge in [0.15, 0.2) is 23.3 Å². The lowest BCUT2D eigenvalue weighted by Gasteiger charge is -2.36. The van der Waals surface area contributed by atoms with Gasteiger partial charge in [0.2, 0.25) is 0 Å². The van der Waals surface area contributed by atoms with E-state index in [4.69, 9.17) is 4.74 Å². The van der Waals surface area contributed by atoms with Gasteiger partial charge < -0.3 is 19.4 Å². The van der Waals surface area contributed by atoms with Crippen LogP contribution in [0.5, 0.6) is 0 Å². The number of anilines is 3. The van der Waals surface area contributed by atoms with Crippen molar-refractivity contribution in [2.45, 2.75) is 0 Å². The van der Waals surface area contributed by atoms with Crippen LogP contribution in [0.15, 0.2) is 24.7 Å². The number of hydrogen-bond acceptors (Lipinski definition) is 8. The fourth-order valence-corrected chi connectivity index (χ4v) is 3.13. The molecule has 4 rings (SSSR count). The van der Waals surface area contributed by atoms with Gasteiger partial charge in [-0.1, -0.05) is 0 Å². The largest absolute Gasteiger partial charge is 0.378 e. The molecule has 0 amide bonds. The molecule has 2 fully saturated rings. The van der Waals surface area contributed by atoms with Crippen molar-refractivity contribution in [3.8, 4) is 0 Å². The van der Waals surface area contributed by atoms with Gasteiger partial charge in [0.1, 0.15) is 6.33 Å². The Hall–Kier alpha value is -2.55. The lowest BCUT2D eigenvalue weighted by atomic mass is 10.3. The highest BCUT2D eigenvalue weighted by Crippen LogP contribution is 2.20. The molecule has 8 nitrogen and oxygen atoms in total. The predicted octanol–water partition coefficient (Wildman–Crippen LogP) is 0.569. The average molecular weight is 345 g/mol. The Morgan fingerprint density at radius 1 is 0.840 bits per heavy atom. The van der Waals surface area contributed by atoms with Crippen LogP contribution < -0.4 is 14.7 Å². The fourth-order valence-electron chi connectivity index (χ4n) is 3.13. The SMILES string of the molecule is Fc1cncnc1N1CCN(c2ccc(N3CCOCC3)nn2)CC1. The van der Waals surface area contributed by atoms with Crippen LogP contribution in [0.4, 0.5) is 21.8 Å². The van der Waals surface area contributed by atoms with Crippen LogP contribution in [0.2, 0.25) is 0 Å². The molecule has 25 heavy (non-hydrogen) atoms. The summed E-state index contributed by atoms with van der Waals surface area (Å²) in [6, 6.07) is 4.00. The van der Waals surface area contributed by atoms with E-state index < -0.39 is 0 Å². The van der Waals surface area contributed by atoms with Gasteiger partial charge in [-0.15, -0.1) is 10.2 Å². The molecule has 2 aliphatic heterocycles. The lowest BCUT2D eigenvalue weighted by Crippen LogP contribution is -2.47. The third kappa shape index (κ3) is 3.46. The Morgan fingerprint density at radius 3 is 2.04 bits per heavy atom. The number of hydrogen-bond donors (Lipinski definition) is 0. The Morgan fingerprint density at radius 2 is 1.44 bits per heavy atom. The number of morpholine rings is 1. The first-order valence-corrected chi connectivity index (χ1v) is 8.43. The Balaban J connectivity index is 1.38. The highest BCUT2D eigenvalue weighted by molar-refractivity contribution is 5.48. The Bertz CT molecular complexity index is 700. The molecular formula is C16H20FN7O. The van der Waals surface area contributed by atoms with Crippen molar-refractivity contribution < 1.29 is 9.13 Å². The van der Waals surface area contributed by atoms with E-state index in [0.29, 0.717) is 18.9 Å². The summed E-state index contributed by atoms with van der Waals surface area (Å²) < 4.78 is 19.2. The van der Waals surface area contributed by atoms with Crippen molar-refractivity contribution in [1.82, 2.24) is 20.2 Å². The van der Waals surface area contributed by atoms with Gasteiger partial charge in [0.05, 0.1) is 19.4 Å². The van der Waals surface area contributed by atoms with E-state index in [1.165, 1.54) is 12.5 Å². The van der Waals surface area contributed by atoms with E-state index in [9.17, 15) is 4.39 Å². The minimum absolute atomic E-state index is 0.364. The zero-order chi connectivity index (χ0) is 17.1. The summed E-state index contributed by atoms with van der Waals surface area (Å²) in [5.41, 5.74) is 0. The Labute approximate surface area is 145 Å². The van der Waals surface area contributed by atoms with Crippen molar-refractivity contribution in [2.75, 3.05) is 67.2 Å². The number of aromatic nitrogens is 4. The maximum absolute atomic E-state index is 13.8. The molecule has 0 bridgehead atoms. The molecule has 0 spiro atoms. The highest BCUT2D eigenvalue weighted by Gasteiger charge is 2.22. The van der Waals surface area contributed by atoms with Crippen LogP contribution in [0.25, 0.3) is 0 Å². The molecular weight excluding hydrogens is 325 g/mol. The molecule has 0 saturated carbocycles. The molecule has 0 unspecified atom stereocenters. The number of rotatable bonds is 3. The molecule has 9 heteroatoms. The van der Waals surface area contributed by atoms with Crippen LogP contribution in [0, 0.1) is 5.82 Å². The van der Waals surface area contributed by atoms with Crippen molar-refractivity contribution in [1.29, 1.82) is 0 Å². The number of ether oxygens (including phenoxy) is 1. The number of piperazine rings is 1. The van der Waals surface area contributed by atoms with Gasteiger partial charge >= 0.3 is 0 Å². The van der Waals surface area contributed by atoms with Crippen molar-refractivity contribution >= 4 is 17.5 Å². The highest BCUT2D eigenvalue weighted by atomic mass is 19.1. The monoisotopic (exact) mass is 345 g/mol. The first-order chi connectivity index (χ1) is 12.3. The molecule has 0 aromatic carbocycles. The normalized spacial score (nSPS) is 18.5. The third-order valence-corrected chi connectivity index (χ3v) is 4.52. The van der Waals surface area contributed by atoms with Gasteiger partial charge in [-0.25, -0.2) is 14.4 Å². The van der Waals surface area contributed by atoms with Crippen molar-refractivity contribution in [3.05, 3.63) is 30.5 Å². The van der Waals surface area contributed by atoms with Gasteiger partial charge in [0.25, 0.3) is 0 Å². The number of halogens is 1. The maximum Gasteiger partial charge on any atom is 0.183 e. The van der Waals surface area contributed by atoms with E-state index in [1.54, 1.807) is 0 Å². The van der Waals surface area contributed by atoms with Crippen molar-refractivity contribution in [3.63, 3.8) is 0 Å². The summed E-state index contributed by atoms with van der Waals surface area (Å²) >= 11 is 0. The molecule has 2 aromatic rings. The second-order valence-electron chi connectivity index (χ2n) is 6.02. The van der Waals surface area contributed by atoms with E-state index in [-0.39, 0.29) is 5.82 Å². The van der Waals surface area contributed by atoms with E-state index in [2.05, 4.69) is 30.0 Å². The zero-order valence-corrected chi connectivity index (χ0v) is 13.9. The van der Waals surface area contributed by atoms with E-state index >= 15 is 0 Å². The lowest BCUT2D eigenvalue weighted by molar-refractivity contribution is 0.122. The predicted molar refractivity (Wildman–Crippen MR) is 91.5 cm³/mol. The zero-order valence-electron chi connectivity index (χ0n) is 13.9. The molecule has 2 saturated heterocycles. The molecule has 0 N–H and O–H groups in total. The molecule has 2 aromatic heterocycles. The minimum atomic E-state index is -0.384. The fraction of sp³-hybridized carbons (Fsp3) is 0.500. The summed E-state index contributed by atoms with van der Waals surface area (Å²) in [6.07, 6.45) is 2.57. The summed E-state index contributed by atoms with van der Waals surface area (Å²) in [7, 11) is 0. The van der Waals surface area contributed by atoms with E-state index in [1.807, 2.05) is 17.0 Å². The van der Waals surface area contributed by atoms with Crippen LogP contribution in [0.1, 0.15) is 0 Å². The first kappa shape index (κ1) is 15.9. The van der Waals surface area contributed by atoms with Crippen LogP contribution in [0.3, 0.4) is 0 Å². The summed E-state index contributed by atoms with van der Waals surface area (Å²) in [5, 5.41) is 8.72. The molecule has 4 heterocycles. The molecule has 0 aliphatic carbocycles. The smallest absolute Gasteiger partial charge is 0.183 e. The summed E-state index contributed by atoms with van der Waals surface area (Å²) in [5.74, 6) is 1.71. The first-order valence-electron chi connectivity index (χ1n) is 8.43. The molecule has 0 radical (unpaired) electrons. The average Bonchev–Trinajstić information content (AvgIpc) is 2.69. The molecule has 2 aliphatic rings. The maximum atomic E-state index is 13.8. The van der Waals surface area contributed by atoms with E-state index in [0.717, 1.165) is 51.0 Å². The van der Waals surface area contributed by atoms with Gasteiger partial charge in [0, 0.05) is 39.3 Å². The minimum Gasteiger partial charge on any atom is -0.378 e. The van der Waals surface area contributed by atoms with Crippen LogP contribution in [-0.4, -0.2) is 72.6 Å². The summed E-state index contributed by atoms with van der Waals surface area (Å²) in [4.78, 5) is 14.0. The standard InChI is InChI=1S/C16H20FN7O/c17-13-11-18-12-19-16(13)24-5-3-22(4-6-24)14-1-2-15(21-20-14)23-7-9-25-10-8-23/h1-2,11-12H,3-10H2. The topological polar surface area (TPSA) is 70.5 Å². The Kier molecular flexibility index (Phi) is 4.55. The van der Waals surface area contributed by atoms with Crippen LogP contribution in [-0.2, 0) is 4.74 Å². The van der Waals surface area contributed by atoms with Crippen molar-refractivity contribution in [2.24, 2.45) is 0 Å². The van der Waals surface area contributed by atoms with Gasteiger partial charge in [-0.3, -0.25) is 0 Å². The van der Waals surface area contributed by atoms with Crippen LogP contribution >= 0.6 is 0 Å². The second-order valence-corrected chi connectivity index (χ2v) is 6.02. The second kappa shape index (κ2) is 7.14. The molecule has 0 atom stereocenters. The van der Waals surface area contributed by atoms with Gasteiger partial charge in [-0.05, 0) is 12.1 Å². The third-order valence-electron chi connectivity index (χ3n) is 4.52. The molecule has 132 valence electrons. The number of nitrogens with zero attached hydrogens (tertiary/aromatic N) is 7. The quantitative estimate of drug-likeness (QED) is 0.800. The van der Waals surface area contributed by atoms with Gasteiger partial charge in [-0.2, -0.15) is 0 Å².